The van der Waals surface area contributed by atoms with Crippen LogP contribution in [0.1, 0.15) is 20.8 Å². The highest BCUT2D eigenvalue weighted by Gasteiger charge is 2.19. The van der Waals surface area contributed by atoms with Gasteiger partial charge in [0.15, 0.2) is 0 Å². The molecule has 5 heteroatoms. The molecule has 0 aliphatic heterocycles. The van der Waals surface area contributed by atoms with Gasteiger partial charge in [-0.15, -0.1) is 0 Å². The summed E-state index contributed by atoms with van der Waals surface area (Å²) in [6.45, 7) is 6.66. The molecule has 1 amide bonds. The van der Waals surface area contributed by atoms with Crippen molar-refractivity contribution in [1.29, 1.82) is 0 Å². The fourth-order valence-electron chi connectivity index (χ4n) is 1.10. The van der Waals surface area contributed by atoms with Crippen molar-refractivity contribution in [3.8, 4) is 0 Å². The second-order valence-electron chi connectivity index (χ2n) is 3.47. The minimum Gasteiger partial charge on any atom is -0.468 e. The Morgan fingerprint density at radius 3 is 2.40 bits per heavy atom. The van der Waals surface area contributed by atoms with E-state index < -0.39 is 5.97 Å². The molecule has 0 unspecified atom stereocenters. The fraction of sp³-hybridized carbons (Fsp3) is 0.800. The molecule has 0 aromatic carbocycles. The van der Waals surface area contributed by atoms with Crippen LogP contribution in [-0.2, 0) is 14.3 Å². The molecule has 0 bridgehead atoms. The van der Waals surface area contributed by atoms with Crippen molar-refractivity contribution < 1.29 is 14.3 Å². The molecule has 5 nitrogen and oxygen atoms in total. The van der Waals surface area contributed by atoms with Crippen LogP contribution in [0.25, 0.3) is 0 Å². The summed E-state index contributed by atoms with van der Waals surface area (Å²) in [4.78, 5) is 24.2. The molecular formula is C10H20N2O3. The first-order chi connectivity index (χ1) is 7.02. The fourth-order valence-corrected chi connectivity index (χ4v) is 1.10. The van der Waals surface area contributed by atoms with Gasteiger partial charge >= 0.3 is 5.97 Å². The number of methoxy groups -OCH3 is 1. The van der Waals surface area contributed by atoms with E-state index >= 15 is 0 Å². The number of carbonyl (C=O) groups excluding carboxylic acids is 2. The summed E-state index contributed by atoms with van der Waals surface area (Å²) in [5.41, 5.74) is 0. The first-order valence-electron chi connectivity index (χ1n) is 5.09. The summed E-state index contributed by atoms with van der Waals surface area (Å²) in [6.07, 6.45) is 0. The van der Waals surface area contributed by atoms with Crippen LogP contribution in [0.15, 0.2) is 0 Å². The Labute approximate surface area is 90.8 Å². The van der Waals surface area contributed by atoms with Crippen molar-refractivity contribution in [2.75, 3.05) is 26.7 Å². The van der Waals surface area contributed by atoms with Crippen LogP contribution in [0.5, 0.6) is 0 Å². The first-order valence-corrected chi connectivity index (χ1v) is 5.09. The Bertz CT molecular complexity index is 217. The third-order valence-corrected chi connectivity index (χ3v) is 2.00. The molecule has 0 fully saturated rings. The second-order valence-corrected chi connectivity index (χ2v) is 3.47. The zero-order valence-electron chi connectivity index (χ0n) is 9.87. The lowest BCUT2D eigenvalue weighted by Crippen LogP contribution is -2.45. The van der Waals surface area contributed by atoms with E-state index in [9.17, 15) is 9.59 Å². The number of carbonyl (C=O) groups is 2. The number of rotatable bonds is 6. The Morgan fingerprint density at radius 2 is 2.00 bits per heavy atom. The van der Waals surface area contributed by atoms with Crippen LogP contribution in [0.3, 0.4) is 0 Å². The molecule has 88 valence electrons. The van der Waals surface area contributed by atoms with Gasteiger partial charge in [-0.1, -0.05) is 6.92 Å². The molecule has 15 heavy (non-hydrogen) atoms. The lowest BCUT2D eigenvalue weighted by Gasteiger charge is -2.25. The molecule has 0 saturated carbocycles. The molecule has 0 saturated heterocycles. The van der Waals surface area contributed by atoms with Gasteiger partial charge in [-0.05, 0) is 20.4 Å². The van der Waals surface area contributed by atoms with Crippen LogP contribution in [0, 0.1) is 0 Å². The maximum atomic E-state index is 11.7. The summed E-state index contributed by atoms with van der Waals surface area (Å²) in [5, 5.41) is 2.93. The van der Waals surface area contributed by atoms with Crippen LogP contribution in [0.4, 0.5) is 0 Å². The van der Waals surface area contributed by atoms with E-state index in [0.29, 0.717) is 0 Å². The van der Waals surface area contributed by atoms with Gasteiger partial charge < -0.3 is 15.0 Å². The molecule has 0 spiro atoms. The van der Waals surface area contributed by atoms with Gasteiger partial charge in [-0.25, -0.2) is 0 Å². The Balaban J connectivity index is 4.25. The molecule has 0 aromatic heterocycles. The zero-order valence-corrected chi connectivity index (χ0v) is 9.87. The molecule has 0 atom stereocenters. The van der Waals surface area contributed by atoms with Crippen LogP contribution < -0.4 is 5.32 Å². The average molecular weight is 216 g/mol. The maximum Gasteiger partial charge on any atom is 0.325 e. The van der Waals surface area contributed by atoms with Gasteiger partial charge in [0.1, 0.15) is 6.54 Å². The Kier molecular flexibility index (Phi) is 6.70. The second kappa shape index (κ2) is 7.23. The minimum atomic E-state index is -0.395. The average Bonchev–Trinajstić information content (AvgIpc) is 2.21. The number of amides is 1. The summed E-state index contributed by atoms with van der Waals surface area (Å²) in [7, 11) is 1.32. The van der Waals surface area contributed by atoms with Crippen molar-refractivity contribution in [3.05, 3.63) is 0 Å². The van der Waals surface area contributed by atoms with E-state index in [1.54, 1.807) is 0 Å². The van der Waals surface area contributed by atoms with Crippen molar-refractivity contribution >= 4 is 11.9 Å². The van der Waals surface area contributed by atoms with Crippen molar-refractivity contribution in [2.45, 2.75) is 26.8 Å². The predicted molar refractivity (Wildman–Crippen MR) is 57.4 cm³/mol. The molecule has 0 aliphatic rings. The molecule has 0 heterocycles. The van der Waals surface area contributed by atoms with E-state index in [1.807, 2.05) is 20.8 Å². The molecule has 0 rings (SSSR count). The molecule has 1 N–H and O–H groups in total. The predicted octanol–water partition coefficient (Wildman–Crippen LogP) is 0.00590. The maximum absolute atomic E-state index is 11.7. The SMILES string of the molecule is CCNCC(=O)N(CC(=O)OC)C(C)C. The first kappa shape index (κ1) is 13.9. The quantitative estimate of drug-likeness (QED) is 0.635. The van der Waals surface area contributed by atoms with Crippen LogP contribution in [0.2, 0.25) is 0 Å². The van der Waals surface area contributed by atoms with Crippen LogP contribution in [-0.4, -0.2) is 49.6 Å². The molecule has 0 aliphatic carbocycles. The number of nitrogens with one attached hydrogen (secondary N) is 1. The van der Waals surface area contributed by atoms with Crippen molar-refractivity contribution in [2.24, 2.45) is 0 Å². The normalized spacial score (nSPS) is 10.2. The summed E-state index contributed by atoms with van der Waals surface area (Å²) < 4.78 is 4.53. The monoisotopic (exact) mass is 216 g/mol. The van der Waals surface area contributed by atoms with Gasteiger partial charge in [0.25, 0.3) is 0 Å². The van der Waals surface area contributed by atoms with Crippen molar-refractivity contribution in [3.63, 3.8) is 0 Å². The number of likely N-dealkylation sites (N-methyl/N-ethyl adjacent to an activating group) is 1. The van der Waals surface area contributed by atoms with Gasteiger partial charge in [-0.3, -0.25) is 9.59 Å². The third-order valence-electron chi connectivity index (χ3n) is 2.00. The smallest absolute Gasteiger partial charge is 0.325 e. The highest BCUT2D eigenvalue weighted by Crippen LogP contribution is 1.99. The van der Waals surface area contributed by atoms with Crippen LogP contribution >= 0.6 is 0 Å². The number of ether oxygens (including phenoxy) is 1. The number of nitrogens with zero attached hydrogens (tertiary/aromatic N) is 1. The van der Waals surface area contributed by atoms with E-state index in [-0.39, 0.29) is 25.0 Å². The molecule has 0 radical (unpaired) electrons. The van der Waals surface area contributed by atoms with E-state index in [4.69, 9.17) is 0 Å². The van der Waals surface area contributed by atoms with Gasteiger partial charge in [-0.2, -0.15) is 0 Å². The van der Waals surface area contributed by atoms with E-state index in [2.05, 4.69) is 10.1 Å². The molecular weight excluding hydrogens is 196 g/mol. The minimum absolute atomic E-state index is 0.00439. The van der Waals surface area contributed by atoms with Gasteiger partial charge in [0.05, 0.1) is 13.7 Å². The lowest BCUT2D eigenvalue weighted by molar-refractivity contribution is -0.147. The highest BCUT2D eigenvalue weighted by molar-refractivity contribution is 5.83. The van der Waals surface area contributed by atoms with Gasteiger partial charge in [0.2, 0.25) is 5.91 Å². The summed E-state index contributed by atoms with van der Waals surface area (Å²) in [5.74, 6) is -0.481. The summed E-state index contributed by atoms with van der Waals surface area (Å²) >= 11 is 0. The van der Waals surface area contributed by atoms with E-state index in [0.717, 1.165) is 6.54 Å². The molecule has 0 aromatic rings. The highest BCUT2D eigenvalue weighted by atomic mass is 16.5. The topological polar surface area (TPSA) is 58.6 Å². The largest absolute Gasteiger partial charge is 0.468 e. The third kappa shape index (κ3) is 5.37. The Hall–Kier alpha value is -1.10. The Morgan fingerprint density at radius 1 is 1.40 bits per heavy atom. The van der Waals surface area contributed by atoms with Crippen molar-refractivity contribution in [1.82, 2.24) is 10.2 Å². The van der Waals surface area contributed by atoms with E-state index in [1.165, 1.54) is 12.0 Å². The van der Waals surface area contributed by atoms with Gasteiger partial charge in [0, 0.05) is 6.04 Å². The number of hydrogen-bond acceptors (Lipinski definition) is 4. The number of hydrogen-bond donors (Lipinski definition) is 1. The summed E-state index contributed by atoms with van der Waals surface area (Å²) in [6, 6.07) is -0.00439. The standard InChI is InChI=1S/C10H20N2O3/c1-5-11-6-9(13)12(8(2)3)7-10(14)15-4/h8,11H,5-7H2,1-4H3. The zero-order chi connectivity index (χ0) is 11.8. The lowest BCUT2D eigenvalue weighted by atomic mass is 10.3. The number of esters is 1.